The summed E-state index contributed by atoms with van der Waals surface area (Å²) in [4.78, 5) is 17.4. The van der Waals surface area contributed by atoms with E-state index in [4.69, 9.17) is 4.74 Å². The smallest absolute Gasteiger partial charge is 0.244 e. The molecular weight excluding hydrogens is 288 g/mol. The third-order valence-corrected chi connectivity index (χ3v) is 5.94. The van der Waals surface area contributed by atoms with E-state index in [1.807, 2.05) is 11.0 Å². The number of anilines is 1. The van der Waals surface area contributed by atoms with Crippen molar-refractivity contribution in [2.24, 2.45) is 5.41 Å². The summed E-state index contributed by atoms with van der Waals surface area (Å²) in [5.74, 6) is 0.242. The molecule has 0 aromatic heterocycles. The normalized spacial score (nSPS) is 24.8. The largest absolute Gasteiger partial charge is 0.379 e. The van der Waals surface area contributed by atoms with Gasteiger partial charge in [-0.15, -0.1) is 0 Å². The van der Waals surface area contributed by atoms with Crippen LogP contribution in [0.1, 0.15) is 31.7 Å². The van der Waals surface area contributed by atoms with Crippen molar-refractivity contribution >= 4 is 11.6 Å². The maximum absolute atomic E-state index is 13.1. The molecule has 1 saturated heterocycles. The summed E-state index contributed by atoms with van der Waals surface area (Å²) in [6.45, 7) is 6.38. The molecule has 3 aliphatic rings. The molecule has 1 spiro atoms. The van der Waals surface area contributed by atoms with Crippen LogP contribution in [0.2, 0.25) is 0 Å². The third kappa shape index (κ3) is 2.68. The number of fused-ring (bicyclic) bond motifs is 1. The SMILES string of the molecule is C[C@H](C(=O)N1CCc2ccccc21)N1CCOCC2(CCC2)C1. The first-order valence-electron chi connectivity index (χ1n) is 8.90. The fourth-order valence-electron chi connectivity index (χ4n) is 4.28. The first-order chi connectivity index (χ1) is 11.2. The van der Waals surface area contributed by atoms with Gasteiger partial charge in [0.05, 0.1) is 19.3 Å². The minimum Gasteiger partial charge on any atom is -0.379 e. The van der Waals surface area contributed by atoms with Gasteiger partial charge in [0.1, 0.15) is 0 Å². The number of carbonyl (C=O) groups excluding carboxylic acids is 1. The van der Waals surface area contributed by atoms with Crippen molar-refractivity contribution in [1.29, 1.82) is 0 Å². The number of ether oxygens (including phenoxy) is 1. The Morgan fingerprint density at radius 1 is 1.26 bits per heavy atom. The molecule has 2 aliphatic heterocycles. The van der Waals surface area contributed by atoms with Gasteiger partial charge in [-0.05, 0) is 37.8 Å². The van der Waals surface area contributed by atoms with E-state index in [0.717, 1.165) is 45.0 Å². The molecule has 2 heterocycles. The van der Waals surface area contributed by atoms with E-state index in [-0.39, 0.29) is 11.9 Å². The second kappa shape index (κ2) is 5.91. The van der Waals surface area contributed by atoms with E-state index < -0.39 is 0 Å². The van der Waals surface area contributed by atoms with Gasteiger partial charge < -0.3 is 9.64 Å². The number of benzene rings is 1. The van der Waals surface area contributed by atoms with Gasteiger partial charge in [0.25, 0.3) is 0 Å². The first-order valence-corrected chi connectivity index (χ1v) is 8.90. The number of para-hydroxylation sites is 1. The molecule has 4 nitrogen and oxygen atoms in total. The summed E-state index contributed by atoms with van der Waals surface area (Å²) in [5.41, 5.74) is 2.71. The molecule has 1 aromatic rings. The Bertz CT molecular complexity index is 597. The Morgan fingerprint density at radius 2 is 2.09 bits per heavy atom. The molecular formula is C19H26N2O2. The average molecular weight is 314 g/mol. The lowest BCUT2D eigenvalue weighted by Crippen LogP contribution is -2.52. The molecule has 0 N–H and O–H groups in total. The lowest BCUT2D eigenvalue weighted by atomic mass is 9.69. The molecule has 0 bridgehead atoms. The monoisotopic (exact) mass is 314 g/mol. The standard InChI is InChI=1S/C19H26N2O2/c1-15(20-11-12-23-14-19(13-20)8-4-9-19)18(22)21-10-7-16-5-2-3-6-17(16)21/h2-3,5-6,15H,4,7-14H2,1H3/t15-/m1/s1. The summed E-state index contributed by atoms with van der Waals surface area (Å²) in [5, 5.41) is 0. The van der Waals surface area contributed by atoms with Gasteiger partial charge in [-0.2, -0.15) is 0 Å². The lowest BCUT2D eigenvalue weighted by molar-refractivity contribution is -0.123. The van der Waals surface area contributed by atoms with Crippen molar-refractivity contribution in [1.82, 2.24) is 4.90 Å². The zero-order valence-corrected chi connectivity index (χ0v) is 14.0. The van der Waals surface area contributed by atoms with Crippen molar-refractivity contribution in [2.75, 3.05) is 37.7 Å². The van der Waals surface area contributed by atoms with Crippen molar-refractivity contribution in [3.8, 4) is 0 Å². The summed E-state index contributed by atoms with van der Waals surface area (Å²) < 4.78 is 5.83. The van der Waals surface area contributed by atoms with Crippen LogP contribution in [-0.4, -0.2) is 49.7 Å². The number of amides is 1. The van der Waals surface area contributed by atoms with Crippen LogP contribution in [0, 0.1) is 5.41 Å². The van der Waals surface area contributed by atoms with Crippen LogP contribution in [0.4, 0.5) is 5.69 Å². The topological polar surface area (TPSA) is 32.8 Å². The van der Waals surface area contributed by atoms with Crippen molar-refractivity contribution in [3.05, 3.63) is 29.8 Å². The highest BCUT2D eigenvalue weighted by atomic mass is 16.5. The highest BCUT2D eigenvalue weighted by Crippen LogP contribution is 2.43. The molecule has 1 atom stereocenters. The molecule has 1 saturated carbocycles. The average Bonchev–Trinajstić information content (AvgIpc) is 2.82. The van der Waals surface area contributed by atoms with E-state index in [1.165, 1.54) is 24.8 Å². The van der Waals surface area contributed by atoms with E-state index in [9.17, 15) is 4.79 Å². The fourth-order valence-corrected chi connectivity index (χ4v) is 4.28. The molecule has 23 heavy (non-hydrogen) atoms. The number of hydrogen-bond acceptors (Lipinski definition) is 3. The van der Waals surface area contributed by atoms with Crippen molar-refractivity contribution in [3.63, 3.8) is 0 Å². The van der Waals surface area contributed by atoms with Crippen LogP contribution in [0.3, 0.4) is 0 Å². The molecule has 124 valence electrons. The van der Waals surface area contributed by atoms with E-state index in [1.54, 1.807) is 0 Å². The Kier molecular flexibility index (Phi) is 3.90. The van der Waals surface area contributed by atoms with Crippen molar-refractivity contribution in [2.45, 2.75) is 38.6 Å². The Balaban J connectivity index is 1.50. The summed E-state index contributed by atoms with van der Waals surface area (Å²) in [7, 11) is 0. The zero-order chi connectivity index (χ0) is 15.9. The number of rotatable bonds is 2. The number of carbonyl (C=O) groups is 1. The van der Waals surface area contributed by atoms with Gasteiger partial charge in [0, 0.05) is 30.7 Å². The highest BCUT2D eigenvalue weighted by molar-refractivity contribution is 5.98. The van der Waals surface area contributed by atoms with Crippen LogP contribution in [0.25, 0.3) is 0 Å². The molecule has 4 rings (SSSR count). The van der Waals surface area contributed by atoms with Gasteiger partial charge in [-0.3, -0.25) is 9.69 Å². The predicted molar refractivity (Wildman–Crippen MR) is 90.6 cm³/mol. The van der Waals surface area contributed by atoms with E-state index >= 15 is 0 Å². The van der Waals surface area contributed by atoms with Crippen LogP contribution in [-0.2, 0) is 16.0 Å². The molecule has 4 heteroatoms. The van der Waals surface area contributed by atoms with Gasteiger partial charge >= 0.3 is 0 Å². The Hall–Kier alpha value is -1.39. The van der Waals surface area contributed by atoms with Crippen molar-refractivity contribution < 1.29 is 9.53 Å². The van der Waals surface area contributed by atoms with Gasteiger partial charge in [0.15, 0.2) is 0 Å². The Morgan fingerprint density at radius 3 is 2.87 bits per heavy atom. The highest BCUT2D eigenvalue weighted by Gasteiger charge is 2.42. The molecule has 1 aliphatic carbocycles. The van der Waals surface area contributed by atoms with Crippen LogP contribution < -0.4 is 4.90 Å². The summed E-state index contributed by atoms with van der Waals surface area (Å²) in [6.07, 6.45) is 4.77. The molecule has 1 aromatic carbocycles. The summed E-state index contributed by atoms with van der Waals surface area (Å²) in [6, 6.07) is 8.23. The number of hydrogen-bond donors (Lipinski definition) is 0. The molecule has 0 unspecified atom stereocenters. The second-order valence-electron chi connectivity index (χ2n) is 7.42. The zero-order valence-electron chi connectivity index (χ0n) is 14.0. The fraction of sp³-hybridized carbons (Fsp3) is 0.632. The minimum absolute atomic E-state index is 0.0691. The minimum atomic E-state index is -0.0691. The molecule has 2 fully saturated rings. The van der Waals surface area contributed by atoms with Crippen LogP contribution >= 0.6 is 0 Å². The molecule has 1 amide bonds. The van der Waals surface area contributed by atoms with E-state index in [2.05, 4.69) is 30.0 Å². The van der Waals surface area contributed by atoms with Gasteiger partial charge in [-0.1, -0.05) is 24.6 Å². The van der Waals surface area contributed by atoms with Crippen LogP contribution in [0.5, 0.6) is 0 Å². The quantitative estimate of drug-likeness (QED) is 0.841. The van der Waals surface area contributed by atoms with Crippen LogP contribution in [0.15, 0.2) is 24.3 Å². The van der Waals surface area contributed by atoms with Gasteiger partial charge in [-0.25, -0.2) is 0 Å². The summed E-state index contributed by atoms with van der Waals surface area (Å²) >= 11 is 0. The lowest BCUT2D eigenvalue weighted by Gasteiger charge is -2.44. The molecule has 0 radical (unpaired) electrons. The maximum atomic E-state index is 13.1. The first kappa shape index (κ1) is 15.2. The predicted octanol–water partition coefficient (Wildman–Crippen LogP) is 2.47. The maximum Gasteiger partial charge on any atom is 0.244 e. The second-order valence-corrected chi connectivity index (χ2v) is 7.42. The Labute approximate surface area is 138 Å². The van der Waals surface area contributed by atoms with E-state index in [0.29, 0.717) is 5.41 Å². The van der Waals surface area contributed by atoms with Gasteiger partial charge in [0.2, 0.25) is 5.91 Å². The number of nitrogens with zero attached hydrogens (tertiary/aromatic N) is 2. The third-order valence-electron chi connectivity index (χ3n) is 5.94.